The average molecular weight is 272 g/mol. The van der Waals surface area contributed by atoms with Crippen molar-refractivity contribution in [1.29, 1.82) is 0 Å². The number of ether oxygens (including phenoxy) is 1. The van der Waals surface area contributed by atoms with Crippen LogP contribution >= 0.6 is 0 Å². The van der Waals surface area contributed by atoms with E-state index in [1.54, 1.807) is 6.07 Å². The van der Waals surface area contributed by atoms with Gasteiger partial charge in [0.15, 0.2) is 5.43 Å². The molecule has 3 rings (SSSR count). The van der Waals surface area contributed by atoms with Crippen LogP contribution in [0.5, 0.6) is 0 Å². The lowest BCUT2D eigenvalue weighted by molar-refractivity contribution is 0.185. The van der Waals surface area contributed by atoms with Crippen LogP contribution < -0.4 is 10.7 Å². The van der Waals surface area contributed by atoms with Crippen LogP contribution in [-0.4, -0.2) is 24.7 Å². The molecule has 4 nitrogen and oxygen atoms in total. The van der Waals surface area contributed by atoms with Gasteiger partial charge in [0.1, 0.15) is 0 Å². The SMILES string of the molecule is Cc1ccc2[nH]c(CNC[C@@H]3CCOC3)cc(=O)c2c1. The molecule has 2 heterocycles. The first-order valence-electron chi connectivity index (χ1n) is 7.13. The molecule has 1 saturated heterocycles. The van der Waals surface area contributed by atoms with Crippen LogP contribution in [0, 0.1) is 12.8 Å². The summed E-state index contributed by atoms with van der Waals surface area (Å²) in [4.78, 5) is 15.4. The van der Waals surface area contributed by atoms with Crippen molar-refractivity contribution < 1.29 is 4.74 Å². The van der Waals surface area contributed by atoms with Gasteiger partial charge in [-0.2, -0.15) is 0 Å². The Morgan fingerprint density at radius 3 is 3.10 bits per heavy atom. The number of H-pyrrole nitrogens is 1. The number of pyridine rings is 1. The standard InChI is InChI=1S/C16H20N2O2/c1-11-2-3-15-14(6-11)16(19)7-13(18-15)9-17-8-12-4-5-20-10-12/h2-3,6-7,12,17H,4-5,8-10H2,1H3,(H,18,19)/t12-/m0/s1. The lowest BCUT2D eigenvalue weighted by Crippen LogP contribution is -2.23. The molecule has 106 valence electrons. The van der Waals surface area contributed by atoms with Crippen molar-refractivity contribution in [2.75, 3.05) is 19.8 Å². The van der Waals surface area contributed by atoms with Gasteiger partial charge in [-0.05, 0) is 31.4 Å². The van der Waals surface area contributed by atoms with Crippen LogP contribution in [0.1, 0.15) is 17.7 Å². The number of hydrogen-bond acceptors (Lipinski definition) is 3. The molecule has 2 aromatic rings. The molecule has 1 fully saturated rings. The first kappa shape index (κ1) is 13.3. The largest absolute Gasteiger partial charge is 0.381 e. The van der Waals surface area contributed by atoms with Crippen LogP contribution in [0.3, 0.4) is 0 Å². The molecule has 1 aliphatic rings. The fraction of sp³-hybridized carbons (Fsp3) is 0.438. The highest BCUT2D eigenvalue weighted by Gasteiger charge is 2.14. The Labute approximate surface area is 118 Å². The maximum atomic E-state index is 12.1. The number of hydrogen-bond donors (Lipinski definition) is 2. The Morgan fingerprint density at radius 2 is 2.30 bits per heavy atom. The molecule has 1 aliphatic heterocycles. The van der Waals surface area contributed by atoms with Gasteiger partial charge in [-0.25, -0.2) is 0 Å². The fourth-order valence-corrected chi connectivity index (χ4v) is 2.67. The van der Waals surface area contributed by atoms with Gasteiger partial charge < -0.3 is 15.0 Å². The molecular weight excluding hydrogens is 252 g/mol. The second-order valence-corrected chi connectivity index (χ2v) is 5.57. The van der Waals surface area contributed by atoms with Crippen molar-refractivity contribution in [3.63, 3.8) is 0 Å². The Morgan fingerprint density at radius 1 is 1.40 bits per heavy atom. The summed E-state index contributed by atoms with van der Waals surface area (Å²) in [5.74, 6) is 0.602. The third kappa shape index (κ3) is 2.92. The smallest absolute Gasteiger partial charge is 0.189 e. The van der Waals surface area contributed by atoms with Crippen LogP contribution in [0.2, 0.25) is 0 Å². The number of aromatic nitrogens is 1. The molecule has 0 bridgehead atoms. The van der Waals surface area contributed by atoms with E-state index in [0.717, 1.165) is 48.3 Å². The normalized spacial score (nSPS) is 18.8. The number of nitrogens with one attached hydrogen (secondary N) is 2. The number of aryl methyl sites for hydroxylation is 1. The van der Waals surface area contributed by atoms with E-state index in [0.29, 0.717) is 12.5 Å². The molecule has 20 heavy (non-hydrogen) atoms. The summed E-state index contributed by atoms with van der Waals surface area (Å²) in [5, 5.41) is 4.16. The van der Waals surface area contributed by atoms with Crippen molar-refractivity contribution in [3.05, 3.63) is 45.7 Å². The van der Waals surface area contributed by atoms with Crippen LogP contribution in [0.25, 0.3) is 10.9 Å². The minimum atomic E-state index is 0.0865. The summed E-state index contributed by atoms with van der Waals surface area (Å²) >= 11 is 0. The van der Waals surface area contributed by atoms with E-state index in [9.17, 15) is 4.79 Å². The molecule has 4 heteroatoms. The van der Waals surface area contributed by atoms with Crippen LogP contribution in [0.15, 0.2) is 29.1 Å². The first-order valence-corrected chi connectivity index (χ1v) is 7.13. The zero-order chi connectivity index (χ0) is 13.9. The van der Waals surface area contributed by atoms with E-state index in [-0.39, 0.29) is 5.43 Å². The highest BCUT2D eigenvalue weighted by molar-refractivity contribution is 5.79. The maximum absolute atomic E-state index is 12.1. The predicted octanol–water partition coefficient (Wildman–Crippen LogP) is 1.96. The Kier molecular flexibility index (Phi) is 3.85. The summed E-state index contributed by atoms with van der Waals surface area (Å²) in [6, 6.07) is 7.62. The number of fused-ring (bicyclic) bond motifs is 1. The molecule has 1 aromatic carbocycles. The molecule has 0 amide bonds. The minimum Gasteiger partial charge on any atom is -0.381 e. The van der Waals surface area contributed by atoms with Crippen molar-refractivity contribution in [3.8, 4) is 0 Å². The molecular formula is C16H20N2O2. The molecule has 0 saturated carbocycles. The third-order valence-corrected chi connectivity index (χ3v) is 3.81. The maximum Gasteiger partial charge on any atom is 0.189 e. The van der Waals surface area contributed by atoms with Gasteiger partial charge in [0.2, 0.25) is 0 Å². The minimum absolute atomic E-state index is 0.0865. The highest BCUT2D eigenvalue weighted by Crippen LogP contribution is 2.12. The zero-order valence-electron chi connectivity index (χ0n) is 11.7. The van der Waals surface area contributed by atoms with E-state index < -0.39 is 0 Å². The van der Waals surface area contributed by atoms with Crippen molar-refractivity contribution >= 4 is 10.9 Å². The number of rotatable bonds is 4. The highest BCUT2D eigenvalue weighted by atomic mass is 16.5. The Hall–Kier alpha value is -1.65. The lowest BCUT2D eigenvalue weighted by atomic mass is 10.1. The summed E-state index contributed by atoms with van der Waals surface area (Å²) in [7, 11) is 0. The molecule has 1 aromatic heterocycles. The Balaban J connectivity index is 1.72. The predicted molar refractivity (Wildman–Crippen MR) is 79.9 cm³/mol. The topological polar surface area (TPSA) is 54.1 Å². The van der Waals surface area contributed by atoms with Gasteiger partial charge >= 0.3 is 0 Å². The number of benzene rings is 1. The van der Waals surface area contributed by atoms with Crippen LogP contribution in [-0.2, 0) is 11.3 Å². The van der Waals surface area contributed by atoms with Crippen molar-refractivity contribution in [2.45, 2.75) is 19.9 Å². The van der Waals surface area contributed by atoms with Gasteiger partial charge in [0.25, 0.3) is 0 Å². The monoisotopic (exact) mass is 272 g/mol. The molecule has 0 radical (unpaired) electrons. The van der Waals surface area contributed by atoms with E-state index in [1.165, 1.54) is 0 Å². The molecule has 2 N–H and O–H groups in total. The van der Waals surface area contributed by atoms with Gasteiger partial charge in [0, 0.05) is 42.4 Å². The van der Waals surface area contributed by atoms with E-state index in [1.807, 2.05) is 25.1 Å². The lowest BCUT2D eigenvalue weighted by Gasteiger charge is -2.10. The Bertz CT molecular complexity index is 657. The molecule has 0 spiro atoms. The summed E-state index contributed by atoms with van der Waals surface area (Å²) in [6.07, 6.45) is 1.13. The second-order valence-electron chi connectivity index (χ2n) is 5.57. The average Bonchev–Trinajstić information content (AvgIpc) is 2.93. The summed E-state index contributed by atoms with van der Waals surface area (Å²) in [5.41, 5.74) is 3.04. The fourth-order valence-electron chi connectivity index (χ4n) is 2.67. The van der Waals surface area contributed by atoms with Crippen molar-refractivity contribution in [1.82, 2.24) is 10.3 Å². The van der Waals surface area contributed by atoms with Gasteiger partial charge in [-0.3, -0.25) is 4.79 Å². The van der Waals surface area contributed by atoms with Gasteiger partial charge in [-0.15, -0.1) is 0 Å². The van der Waals surface area contributed by atoms with E-state index >= 15 is 0 Å². The second kappa shape index (κ2) is 5.77. The third-order valence-electron chi connectivity index (χ3n) is 3.81. The van der Waals surface area contributed by atoms with Crippen molar-refractivity contribution in [2.24, 2.45) is 5.92 Å². The first-order chi connectivity index (χ1) is 9.72. The molecule has 0 aliphatic carbocycles. The van der Waals surface area contributed by atoms with Gasteiger partial charge in [0.05, 0.1) is 6.61 Å². The summed E-state index contributed by atoms with van der Waals surface area (Å²) in [6.45, 7) is 5.35. The summed E-state index contributed by atoms with van der Waals surface area (Å²) < 4.78 is 5.35. The zero-order valence-corrected chi connectivity index (χ0v) is 11.7. The quantitative estimate of drug-likeness (QED) is 0.894. The number of aromatic amines is 1. The van der Waals surface area contributed by atoms with E-state index in [2.05, 4.69) is 10.3 Å². The van der Waals surface area contributed by atoms with Gasteiger partial charge in [-0.1, -0.05) is 11.6 Å². The molecule has 1 atom stereocenters. The van der Waals surface area contributed by atoms with E-state index in [4.69, 9.17) is 4.74 Å². The molecule has 0 unspecified atom stereocenters. The van der Waals surface area contributed by atoms with Crippen LogP contribution in [0.4, 0.5) is 0 Å².